The molecule has 0 saturated carbocycles. The van der Waals surface area contributed by atoms with Gasteiger partial charge in [-0.3, -0.25) is 4.79 Å². The number of aromatic amines is 1. The molecule has 0 spiro atoms. The Kier molecular flexibility index (Phi) is 2.69. The van der Waals surface area contributed by atoms with Crippen molar-refractivity contribution in [2.75, 3.05) is 13.2 Å². The maximum Gasteiger partial charge on any atom is 0.256 e. The highest BCUT2D eigenvalue weighted by Crippen LogP contribution is 2.26. The molecule has 1 aliphatic rings. The Bertz CT molecular complexity index is 582. The van der Waals surface area contributed by atoms with Crippen LogP contribution >= 0.6 is 0 Å². The van der Waals surface area contributed by atoms with E-state index < -0.39 is 0 Å². The van der Waals surface area contributed by atoms with Gasteiger partial charge in [-0.1, -0.05) is 18.2 Å². The second-order valence-electron chi connectivity index (χ2n) is 4.53. The zero-order valence-electron chi connectivity index (χ0n) is 9.61. The van der Waals surface area contributed by atoms with Crippen molar-refractivity contribution in [3.63, 3.8) is 0 Å². The normalized spacial score (nSPS) is 17.4. The second kappa shape index (κ2) is 4.34. The van der Waals surface area contributed by atoms with E-state index in [4.69, 9.17) is 4.74 Å². The Morgan fingerprint density at radius 3 is 2.76 bits per heavy atom. The molecule has 2 heterocycles. The molecule has 3 nitrogen and oxygen atoms in total. The molecule has 1 aromatic carbocycles. The van der Waals surface area contributed by atoms with Crippen LogP contribution in [0.2, 0.25) is 0 Å². The fourth-order valence-corrected chi connectivity index (χ4v) is 2.46. The molecule has 1 saturated heterocycles. The van der Waals surface area contributed by atoms with Crippen molar-refractivity contribution in [3.8, 4) is 0 Å². The number of hydrogen-bond donors (Lipinski definition) is 1. The summed E-state index contributed by atoms with van der Waals surface area (Å²) in [6.07, 6.45) is 1.99. The highest BCUT2D eigenvalue weighted by molar-refractivity contribution is 5.81. The molecule has 1 N–H and O–H groups in total. The average Bonchev–Trinajstić information content (AvgIpc) is 2.40. The molecule has 0 atom stereocenters. The monoisotopic (exact) mass is 229 g/mol. The fraction of sp³-hybridized carbons (Fsp3) is 0.357. The summed E-state index contributed by atoms with van der Waals surface area (Å²) in [7, 11) is 0. The molecule has 2 aromatic rings. The maximum absolute atomic E-state index is 12.0. The molecule has 0 amide bonds. The first-order valence-corrected chi connectivity index (χ1v) is 6.04. The van der Waals surface area contributed by atoms with Crippen molar-refractivity contribution in [1.29, 1.82) is 0 Å². The van der Waals surface area contributed by atoms with Crippen LogP contribution in [0.3, 0.4) is 0 Å². The number of hydrogen-bond acceptors (Lipinski definition) is 2. The minimum Gasteiger partial charge on any atom is -0.381 e. The summed E-state index contributed by atoms with van der Waals surface area (Å²) in [6.45, 7) is 1.58. The van der Waals surface area contributed by atoms with E-state index >= 15 is 0 Å². The second-order valence-corrected chi connectivity index (χ2v) is 4.53. The first-order chi connectivity index (χ1) is 8.34. The fourth-order valence-electron chi connectivity index (χ4n) is 2.46. The van der Waals surface area contributed by atoms with Crippen LogP contribution in [0, 0.1) is 0 Å². The van der Waals surface area contributed by atoms with Crippen LogP contribution in [0.4, 0.5) is 0 Å². The van der Waals surface area contributed by atoms with Crippen LogP contribution in [0.5, 0.6) is 0 Å². The van der Waals surface area contributed by atoms with E-state index in [9.17, 15) is 4.79 Å². The summed E-state index contributed by atoms with van der Waals surface area (Å²) in [6, 6.07) is 9.82. The minimum absolute atomic E-state index is 0.0181. The van der Waals surface area contributed by atoms with Crippen molar-refractivity contribution < 1.29 is 4.74 Å². The highest BCUT2D eigenvalue weighted by atomic mass is 16.5. The zero-order valence-corrected chi connectivity index (χ0v) is 9.61. The predicted octanol–water partition coefficient (Wildman–Crippen LogP) is 2.42. The van der Waals surface area contributed by atoms with Gasteiger partial charge < -0.3 is 9.72 Å². The maximum atomic E-state index is 12.0. The number of pyridine rings is 1. The SMILES string of the molecule is O=c1[nH]c(C2CCOCC2)cc2ccccc12. The van der Waals surface area contributed by atoms with Crippen LogP contribution in [-0.2, 0) is 4.74 Å². The van der Waals surface area contributed by atoms with Gasteiger partial charge in [0.2, 0.25) is 0 Å². The van der Waals surface area contributed by atoms with Crippen molar-refractivity contribution in [2.45, 2.75) is 18.8 Å². The first-order valence-electron chi connectivity index (χ1n) is 6.04. The minimum atomic E-state index is 0.0181. The third-order valence-electron chi connectivity index (χ3n) is 3.44. The van der Waals surface area contributed by atoms with Gasteiger partial charge in [0.05, 0.1) is 0 Å². The lowest BCUT2D eigenvalue weighted by Gasteiger charge is -2.22. The Labute approximate surface area is 99.4 Å². The van der Waals surface area contributed by atoms with Gasteiger partial charge in [-0.2, -0.15) is 0 Å². The summed E-state index contributed by atoms with van der Waals surface area (Å²) in [5, 5.41) is 1.79. The van der Waals surface area contributed by atoms with Crippen LogP contribution in [0.25, 0.3) is 10.8 Å². The molecule has 1 fully saturated rings. The molecule has 0 radical (unpaired) electrons. The standard InChI is InChI=1S/C14H15NO2/c16-14-12-4-2-1-3-11(12)9-13(15-14)10-5-7-17-8-6-10/h1-4,9-10H,5-8H2,(H,15,16). The van der Waals surface area contributed by atoms with Gasteiger partial charge in [-0.05, 0) is 30.4 Å². The van der Waals surface area contributed by atoms with Gasteiger partial charge in [0, 0.05) is 30.2 Å². The predicted molar refractivity (Wildman–Crippen MR) is 67.4 cm³/mol. The van der Waals surface area contributed by atoms with Crippen LogP contribution in [0.1, 0.15) is 24.5 Å². The van der Waals surface area contributed by atoms with E-state index in [0.29, 0.717) is 5.92 Å². The number of H-pyrrole nitrogens is 1. The van der Waals surface area contributed by atoms with E-state index in [1.165, 1.54) is 0 Å². The number of benzene rings is 1. The Balaban J connectivity index is 2.08. The molecule has 1 aromatic heterocycles. The molecule has 0 bridgehead atoms. The van der Waals surface area contributed by atoms with Crippen LogP contribution in [-0.4, -0.2) is 18.2 Å². The molecule has 3 heteroatoms. The van der Waals surface area contributed by atoms with E-state index in [2.05, 4.69) is 11.1 Å². The van der Waals surface area contributed by atoms with E-state index in [1.54, 1.807) is 0 Å². The topological polar surface area (TPSA) is 42.1 Å². The lowest BCUT2D eigenvalue weighted by Crippen LogP contribution is -2.18. The lowest BCUT2D eigenvalue weighted by atomic mass is 9.95. The zero-order chi connectivity index (χ0) is 11.7. The Hall–Kier alpha value is -1.61. The number of nitrogens with one attached hydrogen (secondary N) is 1. The first kappa shape index (κ1) is 10.5. The largest absolute Gasteiger partial charge is 0.381 e. The quantitative estimate of drug-likeness (QED) is 0.816. The third kappa shape index (κ3) is 1.98. The number of rotatable bonds is 1. The molecule has 88 valence electrons. The smallest absolute Gasteiger partial charge is 0.256 e. The molecule has 0 aliphatic carbocycles. The molecular weight excluding hydrogens is 214 g/mol. The molecular formula is C14H15NO2. The number of ether oxygens (including phenoxy) is 1. The Morgan fingerprint density at radius 1 is 1.18 bits per heavy atom. The van der Waals surface area contributed by atoms with E-state index in [1.807, 2.05) is 24.3 Å². The van der Waals surface area contributed by atoms with Crippen molar-refractivity contribution in [1.82, 2.24) is 4.98 Å². The molecule has 17 heavy (non-hydrogen) atoms. The summed E-state index contributed by atoms with van der Waals surface area (Å²) in [4.78, 5) is 15.0. The number of aromatic nitrogens is 1. The molecule has 1 aliphatic heterocycles. The van der Waals surface area contributed by atoms with E-state index in [-0.39, 0.29) is 5.56 Å². The van der Waals surface area contributed by atoms with Crippen molar-refractivity contribution in [2.24, 2.45) is 0 Å². The van der Waals surface area contributed by atoms with Crippen molar-refractivity contribution >= 4 is 10.8 Å². The average molecular weight is 229 g/mol. The highest BCUT2D eigenvalue weighted by Gasteiger charge is 2.17. The van der Waals surface area contributed by atoms with Crippen LogP contribution in [0.15, 0.2) is 35.1 Å². The van der Waals surface area contributed by atoms with Gasteiger partial charge in [0.15, 0.2) is 0 Å². The lowest BCUT2D eigenvalue weighted by molar-refractivity contribution is 0.0845. The van der Waals surface area contributed by atoms with Gasteiger partial charge in [0.1, 0.15) is 0 Å². The van der Waals surface area contributed by atoms with Gasteiger partial charge in [-0.25, -0.2) is 0 Å². The molecule has 3 rings (SSSR count). The van der Waals surface area contributed by atoms with Crippen LogP contribution < -0.4 is 5.56 Å². The summed E-state index contributed by atoms with van der Waals surface area (Å²) < 4.78 is 5.35. The number of fused-ring (bicyclic) bond motifs is 1. The molecule has 0 unspecified atom stereocenters. The third-order valence-corrected chi connectivity index (χ3v) is 3.44. The van der Waals surface area contributed by atoms with Gasteiger partial charge in [0.25, 0.3) is 5.56 Å². The summed E-state index contributed by atoms with van der Waals surface area (Å²) >= 11 is 0. The van der Waals surface area contributed by atoms with Gasteiger partial charge >= 0.3 is 0 Å². The van der Waals surface area contributed by atoms with Crippen molar-refractivity contribution in [3.05, 3.63) is 46.4 Å². The van der Waals surface area contributed by atoms with E-state index in [0.717, 1.165) is 42.5 Å². The Morgan fingerprint density at radius 2 is 1.94 bits per heavy atom. The summed E-state index contributed by atoms with van der Waals surface area (Å²) in [5.41, 5.74) is 1.07. The summed E-state index contributed by atoms with van der Waals surface area (Å²) in [5.74, 6) is 0.432. The van der Waals surface area contributed by atoms with Gasteiger partial charge in [-0.15, -0.1) is 0 Å².